The molecule has 0 saturated carbocycles. The third-order valence-electron chi connectivity index (χ3n) is 2.99. The Morgan fingerprint density at radius 2 is 2.47 bits per heavy atom. The van der Waals surface area contributed by atoms with Gasteiger partial charge in [-0.15, -0.1) is 0 Å². The van der Waals surface area contributed by atoms with Crippen molar-refractivity contribution in [1.29, 1.82) is 5.26 Å². The Kier molecular flexibility index (Phi) is 3.02. The average Bonchev–Trinajstić information content (AvgIpc) is 2.55. The van der Waals surface area contributed by atoms with E-state index >= 15 is 0 Å². The summed E-state index contributed by atoms with van der Waals surface area (Å²) in [6.45, 7) is 0.693. The van der Waals surface area contributed by atoms with Crippen molar-refractivity contribution in [2.45, 2.75) is 44.7 Å². The molecule has 1 aromatic rings. The summed E-state index contributed by atoms with van der Waals surface area (Å²) in [5.74, 6) is 0. The zero-order chi connectivity index (χ0) is 10.7. The lowest BCUT2D eigenvalue weighted by atomic mass is 10.1. The van der Waals surface area contributed by atoms with Gasteiger partial charge in [-0.25, -0.2) is 0 Å². The molecule has 0 aromatic carbocycles. The van der Waals surface area contributed by atoms with E-state index < -0.39 is 0 Å². The van der Waals surface area contributed by atoms with Crippen LogP contribution in [0.3, 0.4) is 0 Å². The van der Waals surface area contributed by atoms with Gasteiger partial charge < -0.3 is 5.73 Å². The highest BCUT2D eigenvalue weighted by Crippen LogP contribution is 2.26. The fourth-order valence-electron chi connectivity index (χ4n) is 2.17. The van der Waals surface area contributed by atoms with E-state index in [2.05, 4.69) is 11.2 Å². The third kappa shape index (κ3) is 2.02. The molecule has 0 saturated heterocycles. The second kappa shape index (κ2) is 4.45. The van der Waals surface area contributed by atoms with E-state index in [4.69, 9.17) is 11.0 Å². The first kappa shape index (κ1) is 10.2. The quantitative estimate of drug-likeness (QED) is 0.743. The number of hydrogen-bond acceptors (Lipinski definition) is 3. The Morgan fingerprint density at radius 1 is 1.60 bits per heavy atom. The molecule has 4 heteroatoms. The standard InChI is InChI=1S/C11H16N4/c12-6-3-7-15-11-5-2-1-4-10(13)9(11)8-14-15/h8,10H,1-5,7,13H2. The maximum Gasteiger partial charge on any atom is 0.0641 e. The molecule has 1 aliphatic rings. The maximum absolute atomic E-state index is 8.56. The van der Waals surface area contributed by atoms with Crippen LogP contribution < -0.4 is 5.73 Å². The minimum Gasteiger partial charge on any atom is -0.324 e. The molecule has 1 aliphatic carbocycles. The molecule has 2 N–H and O–H groups in total. The van der Waals surface area contributed by atoms with Gasteiger partial charge in [0.1, 0.15) is 0 Å². The van der Waals surface area contributed by atoms with Gasteiger partial charge in [0.15, 0.2) is 0 Å². The summed E-state index contributed by atoms with van der Waals surface area (Å²) < 4.78 is 1.95. The number of aromatic nitrogens is 2. The molecule has 1 atom stereocenters. The number of aryl methyl sites for hydroxylation is 1. The first-order valence-electron chi connectivity index (χ1n) is 5.50. The van der Waals surface area contributed by atoms with Crippen LogP contribution in [0.5, 0.6) is 0 Å². The van der Waals surface area contributed by atoms with Crippen molar-refractivity contribution in [3.8, 4) is 6.07 Å². The molecule has 0 bridgehead atoms. The van der Waals surface area contributed by atoms with Gasteiger partial charge in [0.25, 0.3) is 0 Å². The summed E-state index contributed by atoms with van der Waals surface area (Å²) in [7, 11) is 0. The van der Waals surface area contributed by atoms with Crippen LogP contribution in [-0.4, -0.2) is 9.78 Å². The molecule has 0 spiro atoms. The normalized spacial score (nSPS) is 20.4. The second-order valence-corrected chi connectivity index (χ2v) is 4.03. The van der Waals surface area contributed by atoms with E-state index in [9.17, 15) is 0 Å². The van der Waals surface area contributed by atoms with Gasteiger partial charge in [-0.05, 0) is 19.3 Å². The van der Waals surface area contributed by atoms with Crippen molar-refractivity contribution >= 4 is 0 Å². The van der Waals surface area contributed by atoms with Crippen LogP contribution in [0.4, 0.5) is 0 Å². The van der Waals surface area contributed by atoms with Gasteiger partial charge in [0, 0.05) is 17.3 Å². The maximum atomic E-state index is 8.56. The van der Waals surface area contributed by atoms with Crippen molar-refractivity contribution in [1.82, 2.24) is 9.78 Å². The molecule has 0 fully saturated rings. The fourth-order valence-corrected chi connectivity index (χ4v) is 2.17. The van der Waals surface area contributed by atoms with Gasteiger partial charge in [-0.1, -0.05) is 6.42 Å². The molecular formula is C11H16N4. The highest BCUT2D eigenvalue weighted by molar-refractivity contribution is 5.23. The van der Waals surface area contributed by atoms with Crippen LogP contribution in [0.2, 0.25) is 0 Å². The molecular weight excluding hydrogens is 188 g/mol. The summed E-state index contributed by atoms with van der Waals surface area (Å²) in [6, 6.07) is 2.28. The zero-order valence-electron chi connectivity index (χ0n) is 8.82. The molecule has 1 aromatic heterocycles. The molecule has 0 radical (unpaired) electrons. The lowest BCUT2D eigenvalue weighted by Crippen LogP contribution is -2.10. The Hall–Kier alpha value is -1.34. The highest BCUT2D eigenvalue weighted by atomic mass is 15.3. The van der Waals surface area contributed by atoms with E-state index in [1.165, 1.54) is 24.1 Å². The SMILES string of the molecule is N#CCCn1ncc2c1CCCCC2N. The monoisotopic (exact) mass is 204 g/mol. The molecule has 2 rings (SSSR count). The Balaban J connectivity index is 2.24. The lowest BCUT2D eigenvalue weighted by molar-refractivity contribution is 0.579. The van der Waals surface area contributed by atoms with E-state index in [0.29, 0.717) is 13.0 Å². The minimum atomic E-state index is 0.137. The molecule has 0 aliphatic heterocycles. The molecule has 4 nitrogen and oxygen atoms in total. The predicted molar refractivity (Wildman–Crippen MR) is 56.9 cm³/mol. The summed E-state index contributed by atoms with van der Waals surface area (Å²) in [5, 5.41) is 12.9. The number of hydrogen-bond donors (Lipinski definition) is 1. The van der Waals surface area contributed by atoms with E-state index in [1.807, 2.05) is 10.9 Å². The van der Waals surface area contributed by atoms with Crippen molar-refractivity contribution in [2.24, 2.45) is 5.73 Å². The largest absolute Gasteiger partial charge is 0.324 e. The summed E-state index contributed by atoms with van der Waals surface area (Å²) in [6.07, 6.45) is 6.87. The van der Waals surface area contributed by atoms with Crippen molar-refractivity contribution in [3.05, 3.63) is 17.5 Å². The third-order valence-corrected chi connectivity index (χ3v) is 2.99. The Labute approximate surface area is 89.7 Å². The van der Waals surface area contributed by atoms with Gasteiger partial charge in [0.05, 0.1) is 25.2 Å². The minimum absolute atomic E-state index is 0.137. The number of nitrogens with zero attached hydrogens (tertiary/aromatic N) is 3. The van der Waals surface area contributed by atoms with Gasteiger partial charge in [-0.2, -0.15) is 10.4 Å². The summed E-state index contributed by atoms with van der Waals surface area (Å²) in [5.41, 5.74) is 8.50. The molecule has 0 amide bonds. The number of nitriles is 1. The summed E-state index contributed by atoms with van der Waals surface area (Å²) in [4.78, 5) is 0. The topological polar surface area (TPSA) is 67.6 Å². The van der Waals surface area contributed by atoms with Gasteiger partial charge in [-0.3, -0.25) is 4.68 Å². The van der Waals surface area contributed by atoms with Crippen LogP contribution in [0.25, 0.3) is 0 Å². The van der Waals surface area contributed by atoms with Crippen LogP contribution in [0.1, 0.15) is 43.0 Å². The van der Waals surface area contributed by atoms with E-state index in [-0.39, 0.29) is 6.04 Å². The Bertz CT molecular complexity index is 374. The Morgan fingerprint density at radius 3 is 3.27 bits per heavy atom. The van der Waals surface area contributed by atoms with E-state index in [1.54, 1.807) is 0 Å². The number of nitrogens with two attached hydrogens (primary N) is 1. The molecule has 1 unspecified atom stereocenters. The van der Waals surface area contributed by atoms with Gasteiger partial charge >= 0.3 is 0 Å². The predicted octanol–water partition coefficient (Wildman–Crippen LogP) is 1.52. The molecule has 1 heterocycles. The highest BCUT2D eigenvalue weighted by Gasteiger charge is 2.19. The second-order valence-electron chi connectivity index (χ2n) is 4.03. The molecule has 80 valence electrons. The van der Waals surface area contributed by atoms with Crippen molar-refractivity contribution < 1.29 is 0 Å². The van der Waals surface area contributed by atoms with Crippen molar-refractivity contribution in [3.63, 3.8) is 0 Å². The zero-order valence-corrected chi connectivity index (χ0v) is 8.82. The summed E-state index contributed by atoms with van der Waals surface area (Å²) >= 11 is 0. The number of fused-ring (bicyclic) bond motifs is 1. The molecule has 15 heavy (non-hydrogen) atoms. The smallest absolute Gasteiger partial charge is 0.0641 e. The number of rotatable bonds is 2. The van der Waals surface area contributed by atoms with E-state index in [0.717, 1.165) is 12.8 Å². The van der Waals surface area contributed by atoms with Crippen LogP contribution in [0.15, 0.2) is 6.20 Å². The average molecular weight is 204 g/mol. The van der Waals surface area contributed by atoms with Gasteiger partial charge in [0.2, 0.25) is 0 Å². The van der Waals surface area contributed by atoms with Crippen LogP contribution >= 0.6 is 0 Å². The first-order valence-corrected chi connectivity index (χ1v) is 5.50. The van der Waals surface area contributed by atoms with Crippen LogP contribution in [-0.2, 0) is 13.0 Å². The lowest BCUT2D eigenvalue weighted by Gasteiger charge is -2.08. The van der Waals surface area contributed by atoms with Crippen molar-refractivity contribution in [2.75, 3.05) is 0 Å². The van der Waals surface area contributed by atoms with Crippen LogP contribution in [0, 0.1) is 11.3 Å². The first-order chi connectivity index (χ1) is 7.33. The fraction of sp³-hybridized carbons (Fsp3) is 0.636.